The number of hydrogen-bond donors (Lipinski definition) is 2. The lowest BCUT2D eigenvalue weighted by Crippen LogP contribution is -2.15. The first-order valence-corrected chi connectivity index (χ1v) is 5.11. The molecule has 0 bridgehead atoms. The van der Waals surface area contributed by atoms with Crippen LogP contribution in [-0.4, -0.2) is 38.2 Å². The molecule has 0 aliphatic carbocycles. The molecule has 0 spiro atoms. The zero-order chi connectivity index (χ0) is 9.61. The van der Waals surface area contributed by atoms with Gasteiger partial charge in [-0.1, -0.05) is 6.58 Å². The van der Waals surface area contributed by atoms with E-state index in [4.69, 9.17) is 4.55 Å². The average Bonchev–Trinajstić information content (AvgIpc) is 2.33. The minimum atomic E-state index is -3.67. The van der Waals surface area contributed by atoms with Crippen LogP contribution in [0, 0.1) is 0 Å². The molecule has 1 aliphatic heterocycles. The van der Waals surface area contributed by atoms with E-state index in [1.54, 1.807) is 6.08 Å². The SMILES string of the molecule is C=CC1=NCCN1.CS(=O)(=O)O. The molecule has 0 aromatic heterocycles. The van der Waals surface area contributed by atoms with Crippen LogP contribution in [0.3, 0.4) is 0 Å². The molecule has 0 aromatic carbocycles. The van der Waals surface area contributed by atoms with Crippen molar-refractivity contribution in [3.05, 3.63) is 12.7 Å². The second-order valence-corrected chi connectivity index (χ2v) is 3.60. The van der Waals surface area contributed by atoms with E-state index in [-0.39, 0.29) is 0 Å². The Kier molecular flexibility index (Phi) is 4.53. The molecule has 0 unspecified atom stereocenters. The van der Waals surface area contributed by atoms with Gasteiger partial charge < -0.3 is 5.32 Å². The molecule has 6 heteroatoms. The van der Waals surface area contributed by atoms with Crippen molar-refractivity contribution >= 4 is 16.0 Å². The molecule has 1 rings (SSSR count). The van der Waals surface area contributed by atoms with Gasteiger partial charge in [0.25, 0.3) is 10.1 Å². The minimum absolute atomic E-state index is 0.715. The summed E-state index contributed by atoms with van der Waals surface area (Å²) in [6.45, 7) is 5.43. The van der Waals surface area contributed by atoms with Crippen molar-refractivity contribution in [2.75, 3.05) is 19.3 Å². The van der Waals surface area contributed by atoms with Crippen LogP contribution >= 0.6 is 0 Å². The van der Waals surface area contributed by atoms with E-state index in [9.17, 15) is 8.42 Å². The number of hydrogen-bond acceptors (Lipinski definition) is 4. The molecule has 0 saturated carbocycles. The van der Waals surface area contributed by atoms with Crippen LogP contribution in [0.25, 0.3) is 0 Å². The van der Waals surface area contributed by atoms with Gasteiger partial charge in [-0.15, -0.1) is 0 Å². The van der Waals surface area contributed by atoms with Gasteiger partial charge in [-0.05, 0) is 6.08 Å². The third-order valence-corrected chi connectivity index (χ3v) is 0.893. The maximum absolute atomic E-state index is 9.19. The van der Waals surface area contributed by atoms with E-state index in [2.05, 4.69) is 16.9 Å². The lowest BCUT2D eigenvalue weighted by atomic mass is 10.6. The maximum Gasteiger partial charge on any atom is 0.261 e. The molecule has 0 saturated heterocycles. The molecule has 0 atom stereocenters. The first-order chi connectivity index (χ1) is 5.43. The van der Waals surface area contributed by atoms with Crippen molar-refractivity contribution in [2.45, 2.75) is 0 Å². The predicted octanol–water partition coefficient (Wildman–Crippen LogP) is -0.322. The Bertz CT molecular complexity index is 261. The van der Waals surface area contributed by atoms with Crippen molar-refractivity contribution in [2.24, 2.45) is 4.99 Å². The van der Waals surface area contributed by atoms with Crippen molar-refractivity contribution < 1.29 is 13.0 Å². The Morgan fingerprint density at radius 3 is 2.42 bits per heavy atom. The second kappa shape index (κ2) is 4.89. The number of nitrogens with one attached hydrogen (secondary N) is 1. The summed E-state index contributed by atoms with van der Waals surface area (Å²) < 4.78 is 25.9. The summed E-state index contributed by atoms with van der Waals surface area (Å²) in [6, 6.07) is 0. The molecule has 0 fully saturated rings. The summed E-state index contributed by atoms with van der Waals surface area (Å²) >= 11 is 0. The minimum Gasteiger partial charge on any atom is -0.369 e. The molecule has 70 valence electrons. The largest absolute Gasteiger partial charge is 0.369 e. The van der Waals surface area contributed by atoms with E-state index >= 15 is 0 Å². The van der Waals surface area contributed by atoms with Gasteiger partial charge in [0.05, 0.1) is 12.8 Å². The highest BCUT2D eigenvalue weighted by Crippen LogP contribution is 1.82. The first-order valence-electron chi connectivity index (χ1n) is 3.26. The molecular weight excluding hydrogens is 180 g/mol. The Morgan fingerprint density at radius 2 is 2.25 bits per heavy atom. The molecule has 1 aliphatic rings. The number of aliphatic imine (C=N–C) groups is 1. The highest BCUT2D eigenvalue weighted by atomic mass is 32.2. The van der Waals surface area contributed by atoms with Crippen molar-refractivity contribution in [3.8, 4) is 0 Å². The van der Waals surface area contributed by atoms with Crippen LogP contribution in [0.5, 0.6) is 0 Å². The summed E-state index contributed by atoms with van der Waals surface area (Å²) in [4.78, 5) is 4.04. The Hall–Kier alpha value is -0.880. The first kappa shape index (κ1) is 11.1. The molecule has 12 heavy (non-hydrogen) atoms. The van der Waals surface area contributed by atoms with Gasteiger partial charge >= 0.3 is 0 Å². The van der Waals surface area contributed by atoms with E-state index in [1.165, 1.54) is 0 Å². The van der Waals surface area contributed by atoms with Gasteiger partial charge in [0, 0.05) is 6.54 Å². The highest BCUT2D eigenvalue weighted by Gasteiger charge is 1.96. The zero-order valence-electron chi connectivity index (χ0n) is 6.82. The van der Waals surface area contributed by atoms with Crippen molar-refractivity contribution in [1.82, 2.24) is 5.32 Å². The average molecular weight is 192 g/mol. The van der Waals surface area contributed by atoms with Gasteiger partial charge in [0.2, 0.25) is 0 Å². The van der Waals surface area contributed by atoms with Crippen LogP contribution in [-0.2, 0) is 10.1 Å². The van der Waals surface area contributed by atoms with Gasteiger partial charge in [0.1, 0.15) is 5.84 Å². The lowest BCUT2D eigenvalue weighted by molar-refractivity contribution is 0.490. The number of nitrogens with zero attached hydrogens (tertiary/aromatic N) is 1. The summed E-state index contributed by atoms with van der Waals surface area (Å²) in [5.74, 6) is 0.931. The zero-order valence-corrected chi connectivity index (χ0v) is 7.63. The standard InChI is InChI=1S/C5H8N2.CH4O3S/c1-2-5-6-3-4-7-5;1-5(2,3)4/h2H,1,3-4H2,(H,6,7);1H3,(H,2,3,4). The fraction of sp³-hybridized carbons (Fsp3) is 0.500. The highest BCUT2D eigenvalue weighted by molar-refractivity contribution is 7.85. The fourth-order valence-corrected chi connectivity index (χ4v) is 0.553. The smallest absolute Gasteiger partial charge is 0.261 e. The van der Waals surface area contributed by atoms with Crippen LogP contribution in [0.1, 0.15) is 0 Å². The van der Waals surface area contributed by atoms with Crippen molar-refractivity contribution in [1.29, 1.82) is 0 Å². The van der Waals surface area contributed by atoms with E-state index in [1.807, 2.05) is 0 Å². The number of rotatable bonds is 1. The van der Waals surface area contributed by atoms with E-state index < -0.39 is 10.1 Å². The molecule has 0 amide bonds. The maximum atomic E-state index is 9.19. The summed E-state index contributed by atoms with van der Waals surface area (Å²) in [6.07, 6.45) is 2.44. The lowest BCUT2D eigenvalue weighted by Gasteiger charge is -1.87. The third kappa shape index (κ3) is 9.12. The van der Waals surface area contributed by atoms with Crippen molar-refractivity contribution in [3.63, 3.8) is 0 Å². The summed E-state index contributed by atoms with van der Waals surface area (Å²) in [7, 11) is -3.67. The van der Waals surface area contributed by atoms with Gasteiger partial charge in [-0.3, -0.25) is 9.55 Å². The Labute approximate surface area is 71.9 Å². The third-order valence-electron chi connectivity index (χ3n) is 0.893. The van der Waals surface area contributed by atoms with Gasteiger partial charge in [-0.2, -0.15) is 8.42 Å². The summed E-state index contributed by atoms with van der Waals surface area (Å²) in [5.41, 5.74) is 0. The van der Waals surface area contributed by atoms with E-state index in [0.717, 1.165) is 18.9 Å². The van der Waals surface area contributed by atoms with Crippen LogP contribution in [0.15, 0.2) is 17.6 Å². The van der Waals surface area contributed by atoms with E-state index in [0.29, 0.717) is 6.26 Å². The predicted molar refractivity (Wildman–Crippen MR) is 48.0 cm³/mol. The molecule has 0 aromatic rings. The van der Waals surface area contributed by atoms with Crippen LogP contribution in [0.4, 0.5) is 0 Å². The topological polar surface area (TPSA) is 78.8 Å². The van der Waals surface area contributed by atoms with Gasteiger partial charge in [0.15, 0.2) is 0 Å². The van der Waals surface area contributed by atoms with Crippen LogP contribution < -0.4 is 5.32 Å². The molecule has 0 radical (unpaired) electrons. The quantitative estimate of drug-likeness (QED) is 0.558. The molecular formula is C6H12N2O3S. The second-order valence-electron chi connectivity index (χ2n) is 2.13. The monoisotopic (exact) mass is 192 g/mol. The fourth-order valence-electron chi connectivity index (χ4n) is 0.553. The molecule has 5 nitrogen and oxygen atoms in total. The molecule has 2 N–H and O–H groups in total. The van der Waals surface area contributed by atoms with Crippen LogP contribution in [0.2, 0.25) is 0 Å². The Morgan fingerprint density at radius 1 is 1.75 bits per heavy atom. The molecule has 1 heterocycles. The normalized spacial score (nSPS) is 15.3. The number of amidine groups is 1. The summed E-state index contributed by atoms with van der Waals surface area (Å²) in [5, 5.41) is 3.04. The Balaban J connectivity index is 0.000000217. The van der Waals surface area contributed by atoms with Gasteiger partial charge in [-0.25, -0.2) is 0 Å².